The number of amides is 3. The predicted molar refractivity (Wildman–Crippen MR) is 311 cm³/mol. The Labute approximate surface area is 483 Å². The van der Waals surface area contributed by atoms with E-state index in [1.807, 2.05) is 72.8 Å². The number of rotatable bonds is 26. The van der Waals surface area contributed by atoms with Crippen molar-refractivity contribution in [3.63, 3.8) is 0 Å². The van der Waals surface area contributed by atoms with E-state index >= 15 is 4.39 Å². The van der Waals surface area contributed by atoms with Gasteiger partial charge < -0.3 is 59.6 Å². The molecule has 2 fully saturated rings. The van der Waals surface area contributed by atoms with Crippen molar-refractivity contribution < 1.29 is 52.5 Å². The molecule has 0 aliphatic carbocycles. The van der Waals surface area contributed by atoms with Crippen LogP contribution in [0.3, 0.4) is 0 Å². The van der Waals surface area contributed by atoms with E-state index in [1.54, 1.807) is 41.4 Å². The molecule has 4 atom stereocenters. The molecule has 2 saturated heterocycles. The van der Waals surface area contributed by atoms with E-state index < -0.39 is 23.9 Å². The molecule has 3 aromatic heterocycles. The fourth-order valence-corrected chi connectivity index (χ4v) is 11.4. The van der Waals surface area contributed by atoms with Crippen LogP contribution in [0.2, 0.25) is 5.02 Å². The summed E-state index contributed by atoms with van der Waals surface area (Å²) < 4.78 is 39.7. The van der Waals surface area contributed by atoms with Crippen LogP contribution in [0.1, 0.15) is 67.8 Å². The van der Waals surface area contributed by atoms with Crippen molar-refractivity contribution >= 4 is 79.9 Å². The van der Waals surface area contributed by atoms with Crippen LogP contribution < -0.4 is 20.9 Å². The number of ether oxygens (including phenoxy) is 3. The van der Waals surface area contributed by atoms with Gasteiger partial charge in [-0.05, 0) is 72.9 Å². The summed E-state index contributed by atoms with van der Waals surface area (Å²) in [5.74, 6) is -1.44. The zero-order chi connectivity index (χ0) is 57.9. The minimum atomic E-state index is -0.879. The van der Waals surface area contributed by atoms with Gasteiger partial charge >= 0.3 is 0 Å². The number of Topliss-reactive ketones (excluding diaryl/α,β-unsaturated/α-hetero) is 1. The Morgan fingerprint density at radius 3 is 2.34 bits per heavy atom. The molecule has 434 valence electrons. The zero-order valence-electron chi connectivity index (χ0n) is 46.3. The molecule has 0 radical (unpaired) electrons. The van der Waals surface area contributed by atoms with Crippen LogP contribution in [-0.4, -0.2) is 168 Å². The maximum atomic E-state index is 16.9. The van der Waals surface area contributed by atoms with Gasteiger partial charge in [0.05, 0.1) is 78.5 Å². The number of hydrogen-bond acceptors (Lipinski definition) is 18. The lowest BCUT2D eigenvalue weighted by Gasteiger charge is -2.35. The average molecular weight is 1160 g/mol. The molecule has 20 nitrogen and oxygen atoms in total. The molecule has 0 bridgehead atoms. The van der Waals surface area contributed by atoms with Crippen molar-refractivity contribution in [2.24, 2.45) is 0 Å². The van der Waals surface area contributed by atoms with Crippen LogP contribution in [0.5, 0.6) is 5.75 Å². The molecule has 1 unspecified atom stereocenters. The molecule has 82 heavy (non-hydrogen) atoms. The van der Waals surface area contributed by atoms with Gasteiger partial charge in [-0.2, -0.15) is 4.98 Å². The van der Waals surface area contributed by atoms with Crippen molar-refractivity contribution in [2.75, 3.05) is 102 Å². The number of aromatic hydroxyl groups is 1. The van der Waals surface area contributed by atoms with Crippen LogP contribution in [-0.2, 0) is 33.4 Å². The third kappa shape index (κ3) is 14.5. The highest BCUT2D eigenvalue weighted by Crippen LogP contribution is 2.42. The second-order valence-corrected chi connectivity index (χ2v) is 21.7. The van der Waals surface area contributed by atoms with Crippen molar-refractivity contribution in [3.05, 3.63) is 112 Å². The minimum absolute atomic E-state index is 0.00330. The first-order chi connectivity index (χ1) is 39.6. The number of β-amino-alcohol motifs (C(OH)–C–C–N with tert-alkyl or cyclic N) is 1. The van der Waals surface area contributed by atoms with E-state index in [-0.39, 0.29) is 116 Å². The maximum absolute atomic E-state index is 16.9. The Bertz CT molecular complexity index is 3380. The lowest BCUT2D eigenvalue weighted by molar-refractivity contribution is -0.140. The summed E-state index contributed by atoms with van der Waals surface area (Å²) in [4.78, 5) is 72.9. The summed E-state index contributed by atoms with van der Waals surface area (Å²) >= 11 is 8.44. The number of anilines is 2. The fourth-order valence-electron chi connectivity index (χ4n) is 10.3. The quantitative estimate of drug-likeness (QED) is 0.0332. The van der Waals surface area contributed by atoms with Gasteiger partial charge in [0.25, 0.3) is 0 Å². The van der Waals surface area contributed by atoms with Gasteiger partial charge in [0, 0.05) is 89.2 Å². The fraction of sp³-hybridized carbons (Fsp3) is 0.424. The Morgan fingerprint density at radius 1 is 0.902 bits per heavy atom. The average Bonchev–Trinajstić information content (AvgIpc) is 3.50. The number of nitrogens with zero attached hydrogens (tertiary/aromatic N) is 7. The highest BCUT2D eigenvalue weighted by atomic mass is 35.5. The zero-order valence-corrected chi connectivity index (χ0v) is 47.9. The number of aromatic nitrogens is 4. The van der Waals surface area contributed by atoms with Crippen LogP contribution in [0, 0.1) is 19.7 Å². The molecule has 3 amide bonds. The van der Waals surface area contributed by atoms with Gasteiger partial charge in [-0.1, -0.05) is 65.3 Å². The molecule has 0 saturated carbocycles. The van der Waals surface area contributed by atoms with Crippen LogP contribution in [0.15, 0.2) is 82.8 Å². The third-order valence-electron chi connectivity index (χ3n) is 14.7. The number of ketones is 1. The third-order valence-corrected chi connectivity index (χ3v) is 15.9. The summed E-state index contributed by atoms with van der Waals surface area (Å²) in [6.45, 7) is 11.3. The first-order valence-corrected chi connectivity index (χ1v) is 28.7. The Balaban J connectivity index is 0.683. The Hall–Kier alpha value is -7.18. The molecule has 7 aromatic rings. The normalized spacial score (nSPS) is 16.3. The van der Waals surface area contributed by atoms with E-state index in [1.165, 1.54) is 17.9 Å². The van der Waals surface area contributed by atoms with Crippen LogP contribution in [0.25, 0.3) is 43.2 Å². The molecular weight excluding hydrogens is 1100 g/mol. The lowest BCUT2D eigenvalue weighted by Crippen LogP contribution is -2.48. The maximum Gasteiger partial charge on any atom is 0.243 e. The van der Waals surface area contributed by atoms with E-state index in [0.29, 0.717) is 91.5 Å². The number of benzene rings is 4. The SMILES string of the molecule is CC(=O)N1CCN(c2nc(NCCC(=O)CNCCOCCOCCOCCC(C(=O)N3C[C@H](O)C[C@H]3C(=O)N[C@@H](C)c3ccc(-c4scnc4C)cc3)c3cc(C)no3)nc3c(F)c(-c4cc(O)cc5ccccc45)c(Cl)cc23)CC1. The molecule has 23 heteroatoms. The van der Waals surface area contributed by atoms with Crippen LogP contribution >= 0.6 is 22.9 Å². The van der Waals surface area contributed by atoms with Gasteiger partial charge in [-0.3, -0.25) is 19.2 Å². The van der Waals surface area contributed by atoms with E-state index in [2.05, 4.69) is 31.1 Å². The number of aryl methyl sites for hydroxylation is 2. The number of fused-ring (bicyclic) bond motifs is 2. The molecule has 4 aromatic carbocycles. The molecule has 0 spiro atoms. The number of nitrogens with one attached hydrogen (secondary N) is 3. The predicted octanol–water partition coefficient (Wildman–Crippen LogP) is 7.37. The van der Waals surface area contributed by atoms with Gasteiger partial charge in [-0.15, -0.1) is 11.3 Å². The minimum Gasteiger partial charge on any atom is -0.508 e. The van der Waals surface area contributed by atoms with Crippen molar-refractivity contribution in [1.82, 2.24) is 40.5 Å². The molecular formula is C59H68ClFN10O10S. The van der Waals surface area contributed by atoms with E-state index in [0.717, 1.165) is 21.7 Å². The highest BCUT2D eigenvalue weighted by molar-refractivity contribution is 7.13. The number of thiazole rings is 1. The number of piperazine rings is 1. The Kier molecular flexibility index (Phi) is 20.1. The Morgan fingerprint density at radius 2 is 1.63 bits per heavy atom. The largest absolute Gasteiger partial charge is 0.508 e. The van der Waals surface area contributed by atoms with E-state index in [4.69, 9.17) is 35.3 Å². The molecule has 9 rings (SSSR count). The number of phenolic OH excluding ortho intramolecular Hbond substituents is 1. The number of aliphatic hydroxyl groups excluding tert-OH is 1. The van der Waals surface area contributed by atoms with Crippen molar-refractivity contribution in [2.45, 2.75) is 71.1 Å². The topological polar surface area (TPSA) is 247 Å². The second-order valence-electron chi connectivity index (χ2n) is 20.5. The van der Waals surface area contributed by atoms with Gasteiger partial charge in [0.15, 0.2) is 5.82 Å². The standard InChI is InChI=1S/C59H68ClFN10O10S/c1-35-27-51(81-68-35)46(58(77)71-33-44(75)30-50(71)57(76)65-36(2)39-9-11-40(12-10-39)55-37(3)64-34-82-55)14-21-78-23-25-80-26-24-79-22-16-62-32-42(73)13-15-63-59-66-54-48(56(67-59)70-19-17-69(18-20-70)38(4)72)31-49(60)52(53(54)61)47-29-43(74)28-41-7-5-6-8-45(41)47/h5-12,27-29,31,34,36,44,46,50,62,74-75H,13-26,30,32-33H2,1-4H3,(H,65,76)(H,63,66,67)/t36-,44+,46?,50-/m0/s1. The molecule has 2 aliphatic heterocycles. The van der Waals surface area contributed by atoms with Gasteiger partial charge in [0.1, 0.15) is 40.6 Å². The number of phenols is 1. The highest BCUT2D eigenvalue weighted by Gasteiger charge is 2.43. The second kappa shape index (κ2) is 27.7. The van der Waals surface area contributed by atoms with Gasteiger partial charge in [-0.25, -0.2) is 14.4 Å². The number of halogens is 2. The summed E-state index contributed by atoms with van der Waals surface area (Å²) in [6.07, 6.45) is -0.392. The van der Waals surface area contributed by atoms with E-state index in [9.17, 15) is 29.4 Å². The number of carbonyl (C=O) groups is 4. The summed E-state index contributed by atoms with van der Waals surface area (Å²) in [7, 11) is 0. The molecule has 2 aliphatic rings. The van der Waals surface area contributed by atoms with Gasteiger partial charge in [0.2, 0.25) is 23.7 Å². The van der Waals surface area contributed by atoms with Crippen molar-refractivity contribution in [3.8, 4) is 27.3 Å². The molecule has 5 heterocycles. The number of hydrogen-bond donors (Lipinski definition) is 5. The van der Waals surface area contributed by atoms with Crippen LogP contribution in [0.4, 0.5) is 16.2 Å². The first kappa shape index (κ1) is 59.4. The number of carbonyl (C=O) groups excluding carboxylic acids is 4. The summed E-state index contributed by atoms with van der Waals surface area (Å²) in [5.41, 5.74) is 5.83. The van der Waals surface area contributed by atoms with Crippen molar-refractivity contribution in [1.29, 1.82) is 0 Å². The lowest BCUT2D eigenvalue weighted by atomic mass is 9.96. The molecule has 5 N–H and O–H groups in total. The number of aliphatic hydroxyl groups is 1. The number of likely N-dealkylation sites (tertiary alicyclic amines) is 1. The summed E-state index contributed by atoms with van der Waals surface area (Å²) in [5, 5.41) is 36.5. The smallest absolute Gasteiger partial charge is 0.243 e. The first-order valence-electron chi connectivity index (χ1n) is 27.5. The summed E-state index contributed by atoms with van der Waals surface area (Å²) in [6, 6.07) is 20.4. The monoisotopic (exact) mass is 1160 g/mol.